The molecule has 0 radical (unpaired) electrons. The molecule has 3 nitrogen and oxygen atoms in total. The summed E-state index contributed by atoms with van der Waals surface area (Å²) in [5.74, 6) is -0.104. The van der Waals surface area contributed by atoms with Crippen LogP contribution in [0.15, 0.2) is 30.6 Å². The highest BCUT2D eigenvalue weighted by molar-refractivity contribution is 5.21. The van der Waals surface area contributed by atoms with E-state index in [2.05, 4.69) is 15.3 Å². The summed E-state index contributed by atoms with van der Waals surface area (Å²) in [5.41, 5.74) is 0.345. The number of likely N-dealkylation sites (N-methyl/N-ethyl adjacent to an activating group) is 1. The summed E-state index contributed by atoms with van der Waals surface area (Å²) in [7, 11) is 0. The smallest absolute Gasteiger partial charge is 0.126 e. The van der Waals surface area contributed by atoms with Crippen LogP contribution in [0, 0.1) is 11.6 Å². The molecule has 1 aromatic heterocycles. The Morgan fingerprint density at radius 1 is 1.39 bits per heavy atom. The fourth-order valence-electron chi connectivity index (χ4n) is 1.90. The van der Waals surface area contributed by atoms with E-state index in [1.54, 1.807) is 12.4 Å². The van der Waals surface area contributed by atoms with E-state index in [1.165, 1.54) is 6.07 Å². The van der Waals surface area contributed by atoms with E-state index in [0.717, 1.165) is 24.5 Å². The lowest BCUT2D eigenvalue weighted by molar-refractivity contribution is 0.505. The van der Waals surface area contributed by atoms with Crippen molar-refractivity contribution in [1.29, 1.82) is 0 Å². The zero-order valence-corrected chi connectivity index (χ0v) is 10.1. The van der Waals surface area contributed by atoms with Gasteiger partial charge in [-0.05, 0) is 36.7 Å². The molecule has 0 aliphatic heterocycles. The maximum Gasteiger partial charge on any atom is 0.126 e. The molecule has 2 aromatic rings. The van der Waals surface area contributed by atoms with Gasteiger partial charge in [0.2, 0.25) is 0 Å². The van der Waals surface area contributed by atoms with Crippen molar-refractivity contribution in [1.82, 2.24) is 15.3 Å². The summed E-state index contributed by atoms with van der Waals surface area (Å²) < 4.78 is 26.7. The van der Waals surface area contributed by atoms with Crippen molar-refractivity contribution < 1.29 is 8.78 Å². The van der Waals surface area contributed by atoms with E-state index >= 15 is 0 Å². The monoisotopic (exact) mass is 251 g/mol. The predicted octanol–water partition coefficient (Wildman–Crippen LogP) is 2.58. The van der Waals surface area contributed by atoms with Gasteiger partial charge in [0, 0.05) is 12.4 Å². The van der Waals surface area contributed by atoms with Crippen molar-refractivity contribution in [2.45, 2.75) is 19.4 Å². The third kappa shape index (κ3) is 2.92. The lowest BCUT2D eigenvalue weighted by Gasteiger charge is -2.16. The molecule has 1 heterocycles. The first kappa shape index (κ1) is 12.7. The highest BCUT2D eigenvalue weighted by Crippen LogP contribution is 2.18. The fraction of sp³-hybridized carbons (Fsp3) is 0.308. The Morgan fingerprint density at radius 3 is 2.89 bits per heavy atom. The van der Waals surface area contributed by atoms with Gasteiger partial charge in [-0.1, -0.05) is 6.92 Å². The molecule has 1 unspecified atom stereocenters. The van der Waals surface area contributed by atoms with Crippen molar-refractivity contribution in [3.63, 3.8) is 0 Å². The van der Waals surface area contributed by atoms with Crippen LogP contribution < -0.4 is 5.32 Å². The molecule has 1 aromatic carbocycles. The van der Waals surface area contributed by atoms with Crippen LogP contribution in [0.1, 0.15) is 24.4 Å². The van der Waals surface area contributed by atoms with Gasteiger partial charge in [0.15, 0.2) is 0 Å². The van der Waals surface area contributed by atoms with E-state index in [0.29, 0.717) is 12.0 Å². The number of aromatic nitrogens is 2. The lowest BCUT2D eigenvalue weighted by atomic mass is 10.0. The molecule has 18 heavy (non-hydrogen) atoms. The molecule has 0 fully saturated rings. The van der Waals surface area contributed by atoms with Crippen LogP contribution in [0.4, 0.5) is 8.78 Å². The second kappa shape index (κ2) is 5.73. The van der Waals surface area contributed by atoms with E-state index < -0.39 is 11.6 Å². The zero-order valence-electron chi connectivity index (χ0n) is 10.1. The van der Waals surface area contributed by atoms with Crippen molar-refractivity contribution in [3.8, 4) is 0 Å². The van der Waals surface area contributed by atoms with Crippen molar-refractivity contribution >= 4 is 0 Å². The van der Waals surface area contributed by atoms with E-state index in [-0.39, 0.29) is 6.04 Å². The number of aromatic amines is 1. The molecule has 0 saturated carbocycles. The highest BCUT2D eigenvalue weighted by Gasteiger charge is 2.16. The molecule has 0 amide bonds. The Hall–Kier alpha value is -1.75. The van der Waals surface area contributed by atoms with Gasteiger partial charge in [-0.15, -0.1) is 0 Å². The summed E-state index contributed by atoms with van der Waals surface area (Å²) in [5, 5.41) is 3.20. The second-order valence-electron chi connectivity index (χ2n) is 4.02. The van der Waals surface area contributed by atoms with E-state index in [1.807, 2.05) is 6.92 Å². The third-order valence-electron chi connectivity index (χ3n) is 2.73. The average molecular weight is 251 g/mol. The summed E-state index contributed by atoms with van der Waals surface area (Å²) >= 11 is 0. The second-order valence-corrected chi connectivity index (χ2v) is 4.02. The number of nitrogens with one attached hydrogen (secondary N) is 2. The maximum atomic E-state index is 13.6. The first-order valence-electron chi connectivity index (χ1n) is 5.87. The van der Waals surface area contributed by atoms with Gasteiger partial charge in [-0.25, -0.2) is 13.8 Å². The maximum absolute atomic E-state index is 13.6. The van der Waals surface area contributed by atoms with Crippen molar-refractivity contribution in [2.24, 2.45) is 0 Å². The quantitative estimate of drug-likeness (QED) is 0.857. The minimum absolute atomic E-state index is 0.152. The normalized spacial score (nSPS) is 12.6. The molecular weight excluding hydrogens is 236 g/mol. The van der Waals surface area contributed by atoms with E-state index in [4.69, 9.17) is 0 Å². The Kier molecular flexibility index (Phi) is 4.04. The molecule has 0 aliphatic carbocycles. The minimum atomic E-state index is -0.430. The van der Waals surface area contributed by atoms with Gasteiger partial charge >= 0.3 is 0 Å². The van der Waals surface area contributed by atoms with Gasteiger partial charge in [-0.3, -0.25) is 0 Å². The predicted molar refractivity (Wildman–Crippen MR) is 65.1 cm³/mol. The Labute approximate surface area is 104 Å². The molecule has 1 atom stereocenters. The summed E-state index contributed by atoms with van der Waals surface area (Å²) in [6.07, 6.45) is 3.70. The van der Waals surface area contributed by atoms with Crippen LogP contribution in [0.2, 0.25) is 0 Å². The Balaban J connectivity index is 2.21. The molecule has 0 saturated heterocycles. The molecular formula is C13H15F2N3. The average Bonchev–Trinajstić information content (AvgIpc) is 2.87. The van der Waals surface area contributed by atoms with Gasteiger partial charge in [-0.2, -0.15) is 0 Å². The molecule has 96 valence electrons. The third-order valence-corrected chi connectivity index (χ3v) is 2.73. The molecule has 2 N–H and O–H groups in total. The molecule has 0 aliphatic rings. The van der Waals surface area contributed by atoms with E-state index in [9.17, 15) is 8.78 Å². The summed E-state index contributed by atoms with van der Waals surface area (Å²) in [4.78, 5) is 7.14. The van der Waals surface area contributed by atoms with Crippen molar-refractivity contribution in [2.75, 3.05) is 6.54 Å². The van der Waals surface area contributed by atoms with Crippen LogP contribution in [-0.4, -0.2) is 16.5 Å². The van der Waals surface area contributed by atoms with Crippen LogP contribution in [0.25, 0.3) is 0 Å². The van der Waals surface area contributed by atoms with Crippen molar-refractivity contribution in [3.05, 3.63) is 53.6 Å². The number of nitrogens with zero attached hydrogens (tertiary/aromatic N) is 1. The molecule has 0 bridgehead atoms. The first-order valence-corrected chi connectivity index (χ1v) is 5.87. The molecule has 0 spiro atoms. The van der Waals surface area contributed by atoms with Crippen LogP contribution in [-0.2, 0) is 6.42 Å². The molecule has 5 heteroatoms. The van der Waals surface area contributed by atoms with Gasteiger partial charge in [0.1, 0.15) is 17.5 Å². The number of halogens is 2. The summed E-state index contributed by atoms with van der Waals surface area (Å²) in [6, 6.07) is 3.34. The number of H-pyrrole nitrogens is 1. The van der Waals surface area contributed by atoms with Gasteiger partial charge < -0.3 is 10.3 Å². The van der Waals surface area contributed by atoms with Gasteiger partial charge in [0.25, 0.3) is 0 Å². The first-order chi connectivity index (χ1) is 8.70. The number of hydrogen-bond acceptors (Lipinski definition) is 2. The largest absolute Gasteiger partial charge is 0.347 e. The standard InChI is InChI=1S/C13H15F2N3/c1-2-16-12(13-17-5-6-18-13)8-9-7-10(14)3-4-11(9)15/h3-7,12,16H,2,8H2,1H3,(H,17,18). The Morgan fingerprint density at radius 2 is 2.22 bits per heavy atom. The fourth-order valence-corrected chi connectivity index (χ4v) is 1.90. The lowest BCUT2D eigenvalue weighted by Crippen LogP contribution is -2.24. The number of imidazole rings is 1. The minimum Gasteiger partial charge on any atom is -0.347 e. The zero-order chi connectivity index (χ0) is 13.0. The Bertz CT molecular complexity index is 497. The van der Waals surface area contributed by atoms with Crippen LogP contribution >= 0.6 is 0 Å². The molecule has 2 rings (SSSR count). The van der Waals surface area contributed by atoms with Gasteiger partial charge in [0.05, 0.1) is 6.04 Å². The number of benzene rings is 1. The number of rotatable bonds is 5. The van der Waals surface area contributed by atoms with Crippen LogP contribution in [0.3, 0.4) is 0 Å². The highest BCUT2D eigenvalue weighted by atomic mass is 19.1. The summed E-state index contributed by atoms with van der Waals surface area (Å²) in [6.45, 7) is 2.68. The van der Waals surface area contributed by atoms with Crippen LogP contribution in [0.5, 0.6) is 0 Å². The topological polar surface area (TPSA) is 40.7 Å². The SMILES string of the molecule is CCNC(Cc1cc(F)ccc1F)c1ncc[nH]1. The number of hydrogen-bond donors (Lipinski definition) is 2.